The number of piperidine rings is 1. The molecule has 0 spiro atoms. The molecule has 1 aliphatic rings. The molecule has 1 aromatic rings. The first-order valence-corrected chi connectivity index (χ1v) is 9.85. The van der Waals surface area contributed by atoms with Crippen LogP contribution in [0.5, 0.6) is 0 Å². The van der Waals surface area contributed by atoms with Gasteiger partial charge in [-0.25, -0.2) is 8.42 Å². The number of aryl methyl sites for hydroxylation is 2. The lowest BCUT2D eigenvalue weighted by atomic mass is 9.94. The molecule has 1 saturated heterocycles. The van der Waals surface area contributed by atoms with E-state index in [9.17, 15) is 13.2 Å². The number of carbonyl (C=O) groups excluding carboxylic acids is 1. The number of carbonyl (C=O) groups is 1. The molecule has 0 aliphatic carbocycles. The van der Waals surface area contributed by atoms with Crippen molar-refractivity contribution in [3.05, 3.63) is 34.9 Å². The Hall–Kier alpha value is -1.11. The van der Waals surface area contributed by atoms with Crippen LogP contribution >= 0.6 is 12.4 Å². The van der Waals surface area contributed by atoms with E-state index >= 15 is 0 Å². The average molecular weight is 375 g/mol. The molecule has 0 aromatic heterocycles. The molecule has 1 unspecified atom stereocenters. The molecule has 0 saturated carbocycles. The summed E-state index contributed by atoms with van der Waals surface area (Å²) < 4.78 is 23.3. The first-order valence-electron chi connectivity index (χ1n) is 7.96. The third-order valence-electron chi connectivity index (χ3n) is 4.77. The number of amides is 1. The molecule has 1 fully saturated rings. The lowest BCUT2D eigenvalue weighted by Gasteiger charge is -2.35. The maximum atomic E-state index is 12.8. The Kier molecular flexibility index (Phi) is 6.84. The molecule has 0 radical (unpaired) electrons. The SMILES string of the molecule is Cc1ccc(C(C)NC(=O)C2(S(C)(=O)=O)CCNCC2)c(C)c1.Cl. The molecule has 1 aromatic carbocycles. The van der Waals surface area contributed by atoms with Crippen LogP contribution in [0.15, 0.2) is 18.2 Å². The normalized spacial score (nSPS) is 18.3. The van der Waals surface area contributed by atoms with E-state index in [1.165, 1.54) is 6.26 Å². The minimum Gasteiger partial charge on any atom is -0.348 e. The van der Waals surface area contributed by atoms with Gasteiger partial charge in [0.15, 0.2) is 14.6 Å². The number of hydrogen-bond donors (Lipinski definition) is 2. The van der Waals surface area contributed by atoms with Gasteiger partial charge >= 0.3 is 0 Å². The zero-order valence-corrected chi connectivity index (χ0v) is 16.3. The highest BCUT2D eigenvalue weighted by molar-refractivity contribution is 7.92. The molecular weight excluding hydrogens is 348 g/mol. The Bertz CT molecular complexity index is 698. The highest BCUT2D eigenvalue weighted by Gasteiger charge is 2.48. The molecule has 1 heterocycles. The molecule has 24 heavy (non-hydrogen) atoms. The quantitative estimate of drug-likeness (QED) is 0.845. The lowest BCUT2D eigenvalue weighted by Crippen LogP contribution is -2.57. The molecule has 2 N–H and O–H groups in total. The van der Waals surface area contributed by atoms with E-state index in [2.05, 4.69) is 16.7 Å². The third-order valence-corrected chi connectivity index (χ3v) is 6.79. The second-order valence-corrected chi connectivity index (χ2v) is 8.90. The van der Waals surface area contributed by atoms with Gasteiger partial charge in [0.2, 0.25) is 5.91 Å². The van der Waals surface area contributed by atoms with Gasteiger partial charge in [-0.15, -0.1) is 12.4 Å². The number of nitrogens with one attached hydrogen (secondary N) is 2. The Morgan fingerprint density at radius 2 is 1.83 bits per heavy atom. The van der Waals surface area contributed by atoms with Crippen molar-refractivity contribution in [2.75, 3.05) is 19.3 Å². The monoisotopic (exact) mass is 374 g/mol. The summed E-state index contributed by atoms with van der Waals surface area (Å²) in [6, 6.07) is 5.83. The van der Waals surface area contributed by atoms with Gasteiger partial charge in [0.1, 0.15) is 0 Å². The zero-order valence-electron chi connectivity index (χ0n) is 14.7. The van der Waals surface area contributed by atoms with E-state index in [0.717, 1.165) is 16.7 Å². The van der Waals surface area contributed by atoms with Gasteiger partial charge in [0.05, 0.1) is 6.04 Å². The van der Waals surface area contributed by atoms with Gasteiger partial charge in [-0.2, -0.15) is 0 Å². The number of halogens is 1. The maximum Gasteiger partial charge on any atom is 0.242 e. The molecule has 7 heteroatoms. The predicted molar refractivity (Wildman–Crippen MR) is 99.4 cm³/mol. The van der Waals surface area contributed by atoms with Crippen LogP contribution in [-0.2, 0) is 14.6 Å². The minimum atomic E-state index is -3.48. The van der Waals surface area contributed by atoms with E-state index in [1.807, 2.05) is 32.9 Å². The topological polar surface area (TPSA) is 75.3 Å². The van der Waals surface area contributed by atoms with E-state index in [0.29, 0.717) is 25.9 Å². The zero-order chi connectivity index (χ0) is 17.3. The van der Waals surface area contributed by atoms with Crippen molar-refractivity contribution in [3.63, 3.8) is 0 Å². The summed E-state index contributed by atoms with van der Waals surface area (Å²) in [5.74, 6) is -0.381. The second kappa shape index (κ2) is 7.85. The molecule has 136 valence electrons. The average Bonchev–Trinajstić information content (AvgIpc) is 2.46. The van der Waals surface area contributed by atoms with Crippen LogP contribution in [-0.4, -0.2) is 38.4 Å². The van der Waals surface area contributed by atoms with Gasteiger partial charge in [0.25, 0.3) is 0 Å². The van der Waals surface area contributed by atoms with E-state index in [-0.39, 0.29) is 24.4 Å². The molecule has 2 rings (SSSR count). The highest BCUT2D eigenvalue weighted by atomic mass is 35.5. The van der Waals surface area contributed by atoms with Crippen LogP contribution in [0.25, 0.3) is 0 Å². The van der Waals surface area contributed by atoms with Crippen LogP contribution < -0.4 is 10.6 Å². The van der Waals surface area contributed by atoms with Crippen LogP contribution in [0.4, 0.5) is 0 Å². The Morgan fingerprint density at radius 3 is 2.33 bits per heavy atom. The summed E-state index contributed by atoms with van der Waals surface area (Å²) in [6.45, 7) is 7.00. The summed E-state index contributed by atoms with van der Waals surface area (Å²) in [5.41, 5.74) is 3.27. The fourth-order valence-electron chi connectivity index (χ4n) is 3.31. The lowest BCUT2D eigenvalue weighted by molar-refractivity contribution is -0.125. The molecule has 1 amide bonds. The van der Waals surface area contributed by atoms with Crippen molar-refractivity contribution in [1.82, 2.24) is 10.6 Å². The summed E-state index contributed by atoms with van der Waals surface area (Å²) in [4.78, 5) is 12.8. The van der Waals surface area contributed by atoms with Gasteiger partial charge in [-0.05, 0) is 57.8 Å². The van der Waals surface area contributed by atoms with Gasteiger partial charge in [0, 0.05) is 6.26 Å². The highest BCUT2D eigenvalue weighted by Crippen LogP contribution is 2.29. The number of rotatable bonds is 4. The third kappa shape index (κ3) is 4.10. The number of hydrogen-bond acceptors (Lipinski definition) is 4. The summed E-state index contributed by atoms with van der Waals surface area (Å²) in [6.07, 6.45) is 1.80. The maximum absolute atomic E-state index is 12.8. The Balaban J connectivity index is 0.00000288. The van der Waals surface area contributed by atoms with Gasteiger partial charge in [-0.1, -0.05) is 23.8 Å². The molecular formula is C17H27ClN2O3S. The van der Waals surface area contributed by atoms with Crippen molar-refractivity contribution in [3.8, 4) is 0 Å². The molecule has 1 atom stereocenters. The van der Waals surface area contributed by atoms with Crippen molar-refractivity contribution in [1.29, 1.82) is 0 Å². The minimum absolute atomic E-state index is 0. The Labute approximate surface area is 150 Å². The van der Waals surface area contributed by atoms with Crippen molar-refractivity contribution < 1.29 is 13.2 Å². The Morgan fingerprint density at radius 1 is 1.25 bits per heavy atom. The van der Waals surface area contributed by atoms with E-state index < -0.39 is 14.6 Å². The number of sulfone groups is 1. The first-order chi connectivity index (χ1) is 10.7. The largest absolute Gasteiger partial charge is 0.348 e. The molecule has 1 aliphatic heterocycles. The standard InChI is InChI=1S/C17H26N2O3S.ClH/c1-12-5-6-15(13(2)11-12)14(3)19-16(20)17(23(4,21)22)7-9-18-10-8-17;/h5-6,11,14,18H,7-10H2,1-4H3,(H,19,20);1H. The van der Waals surface area contributed by atoms with Crippen LogP contribution in [0.3, 0.4) is 0 Å². The first kappa shape index (κ1) is 20.9. The van der Waals surface area contributed by atoms with Crippen molar-refractivity contribution in [2.45, 2.75) is 44.4 Å². The summed E-state index contributed by atoms with van der Waals surface area (Å²) >= 11 is 0. The van der Waals surface area contributed by atoms with E-state index in [4.69, 9.17) is 0 Å². The smallest absolute Gasteiger partial charge is 0.242 e. The van der Waals surface area contributed by atoms with Gasteiger partial charge in [-0.3, -0.25) is 4.79 Å². The molecule has 5 nitrogen and oxygen atoms in total. The van der Waals surface area contributed by atoms with Crippen LogP contribution in [0.1, 0.15) is 42.5 Å². The van der Waals surface area contributed by atoms with Crippen LogP contribution in [0, 0.1) is 13.8 Å². The number of benzene rings is 1. The van der Waals surface area contributed by atoms with Crippen LogP contribution in [0.2, 0.25) is 0 Å². The van der Waals surface area contributed by atoms with E-state index in [1.54, 1.807) is 0 Å². The van der Waals surface area contributed by atoms with Gasteiger partial charge < -0.3 is 10.6 Å². The predicted octanol–water partition coefficient (Wildman–Crippen LogP) is 2.07. The fraction of sp³-hybridized carbons (Fsp3) is 0.588. The summed E-state index contributed by atoms with van der Waals surface area (Å²) in [7, 11) is -3.48. The second-order valence-electron chi connectivity index (χ2n) is 6.57. The van der Waals surface area contributed by atoms with Crippen molar-refractivity contribution in [2.24, 2.45) is 0 Å². The van der Waals surface area contributed by atoms with Crippen molar-refractivity contribution >= 4 is 28.2 Å². The fourth-order valence-corrected chi connectivity index (χ4v) is 4.66. The molecule has 0 bridgehead atoms. The summed E-state index contributed by atoms with van der Waals surface area (Å²) in [5, 5.41) is 6.05.